The zero-order valence-corrected chi connectivity index (χ0v) is 38.4. The second kappa shape index (κ2) is 16.4. The molecule has 1 aromatic heterocycles. The van der Waals surface area contributed by atoms with Crippen LogP contribution in [0.25, 0.3) is 71.6 Å². The van der Waals surface area contributed by atoms with Crippen molar-refractivity contribution in [2.24, 2.45) is 0 Å². The summed E-state index contributed by atoms with van der Waals surface area (Å²) in [6.45, 7) is 2.42. The second-order valence-electron chi connectivity index (χ2n) is 19.1. The molecule has 2 aliphatic carbocycles. The molecule has 68 heavy (non-hydrogen) atoms. The summed E-state index contributed by atoms with van der Waals surface area (Å²) in [5.41, 5.74) is 19.5. The Kier molecular flexibility index (Phi) is 9.75. The van der Waals surface area contributed by atoms with Gasteiger partial charge in [0.05, 0.1) is 22.4 Å². The van der Waals surface area contributed by atoms with Gasteiger partial charge in [0, 0.05) is 38.7 Å². The molecule has 11 aromatic rings. The molecule has 0 bridgehead atoms. The topological polar surface area (TPSA) is 8.17 Å². The molecule has 1 atom stereocenters. The van der Waals surface area contributed by atoms with Gasteiger partial charge in [-0.3, -0.25) is 0 Å². The van der Waals surface area contributed by atoms with E-state index in [4.69, 9.17) is 0 Å². The third-order valence-corrected chi connectivity index (χ3v) is 15.5. The average Bonchev–Trinajstić information content (AvgIpc) is 3.88. The zero-order valence-electron chi connectivity index (χ0n) is 38.4. The first kappa shape index (κ1) is 40.3. The summed E-state index contributed by atoms with van der Waals surface area (Å²) in [5.74, 6) is 0.563. The third kappa shape index (κ3) is 6.39. The summed E-state index contributed by atoms with van der Waals surface area (Å²) in [5, 5.41) is 5.20. The second-order valence-corrected chi connectivity index (χ2v) is 19.1. The summed E-state index contributed by atoms with van der Waals surface area (Å²) >= 11 is 0. The number of hydrogen-bond acceptors (Lipinski definition) is 1. The highest BCUT2D eigenvalue weighted by atomic mass is 15.1. The van der Waals surface area contributed by atoms with Gasteiger partial charge in [-0.1, -0.05) is 201 Å². The lowest BCUT2D eigenvalue weighted by Gasteiger charge is -2.33. The van der Waals surface area contributed by atoms with Crippen molar-refractivity contribution >= 4 is 49.6 Å². The fourth-order valence-corrected chi connectivity index (χ4v) is 12.3. The molecule has 13 rings (SSSR count). The van der Waals surface area contributed by atoms with Crippen molar-refractivity contribution in [1.82, 2.24) is 4.57 Å². The van der Waals surface area contributed by atoms with E-state index in [9.17, 15) is 0 Å². The maximum Gasteiger partial charge on any atom is 0.0547 e. The first-order valence-electron chi connectivity index (χ1n) is 24.5. The Morgan fingerprint density at radius 1 is 0.441 bits per heavy atom. The smallest absolute Gasteiger partial charge is 0.0547 e. The Labute approximate surface area is 399 Å². The van der Waals surface area contributed by atoms with E-state index in [0.717, 1.165) is 22.7 Å². The molecule has 1 fully saturated rings. The van der Waals surface area contributed by atoms with Crippen molar-refractivity contribution < 1.29 is 0 Å². The van der Waals surface area contributed by atoms with Gasteiger partial charge in [0.2, 0.25) is 0 Å². The molecule has 2 heteroatoms. The number of anilines is 3. The number of rotatable bonds is 8. The Hall–Kier alpha value is -7.94. The van der Waals surface area contributed by atoms with Crippen molar-refractivity contribution in [3.8, 4) is 39.1 Å². The number of para-hydroxylation sites is 4. The van der Waals surface area contributed by atoms with Crippen molar-refractivity contribution in [1.29, 1.82) is 0 Å². The lowest BCUT2D eigenvalue weighted by atomic mass is 9.74. The normalized spacial score (nSPS) is 15.7. The fraction of sp³-hybridized carbons (Fsp3) is 0.121. The maximum atomic E-state index is 2.57. The highest BCUT2D eigenvalue weighted by molar-refractivity contribution is 6.11. The number of aromatic nitrogens is 1. The largest absolute Gasteiger partial charge is 0.309 e. The standard InChI is InChI=1S/C66H52N2/c1-66(48-25-7-3-8-26-48)59-35-15-11-30-53(59)54-42-40-50(44-60(54)66)68(63-38-18-14-32-56(63)58-34-20-24-46-23-19-33-52(65(46)58)45-21-5-2-6-22-45)61-36-16-12-29-51(61)47-39-41-57-55-31-13-17-37-62(55)67(64(57)43-47)49-27-9-4-10-28-49/h3-4,7-20,23-45H,2,5-6,21-22H2,1H3. The Balaban J connectivity index is 1.07. The van der Waals surface area contributed by atoms with Gasteiger partial charge in [0.15, 0.2) is 0 Å². The molecule has 2 aliphatic rings. The molecule has 0 aliphatic heterocycles. The molecular formula is C66H52N2. The van der Waals surface area contributed by atoms with Crippen LogP contribution in [0.5, 0.6) is 0 Å². The quantitative estimate of drug-likeness (QED) is 0.148. The molecule has 0 saturated heterocycles. The number of benzene rings is 10. The van der Waals surface area contributed by atoms with Crippen LogP contribution in [0.4, 0.5) is 17.1 Å². The van der Waals surface area contributed by atoms with E-state index < -0.39 is 0 Å². The number of hydrogen-bond donors (Lipinski definition) is 0. The Bertz CT molecular complexity index is 3680. The maximum absolute atomic E-state index is 2.57. The number of fused-ring (bicyclic) bond motifs is 7. The molecule has 0 amide bonds. The predicted octanol–water partition coefficient (Wildman–Crippen LogP) is 18.1. The predicted molar refractivity (Wildman–Crippen MR) is 287 cm³/mol. The van der Waals surface area contributed by atoms with Crippen molar-refractivity contribution in [3.63, 3.8) is 0 Å². The van der Waals surface area contributed by atoms with E-state index in [1.54, 1.807) is 0 Å². The molecule has 1 saturated carbocycles. The van der Waals surface area contributed by atoms with Gasteiger partial charge in [0.25, 0.3) is 0 Å². The Morgan fingerprint density at radius 3 is 1.87 bits per heavy atom. The molecule has 1 unspecified atom stereocenters. The fourth-order valence-electron chi connectivity index (χ4n) is 12.3. The van der Waals surface area contributed by atoms with Gasteiger partial charge in [0.1, 0.15) is 0 Å². The van der Waals surface area contributed by atoms with E-state index >= 15 is 0 Å². The average molecular weight is 873 g/mol. The van der Waals surface area contributed by atoms with E-state index in [0.29, 0.717) is 5.92 Å². The van der Waals surface area contributed by atoms with Gasteiger partial charge in [-0.2, -0.15) is 0 Å². The van der Waals surface area contributed by atoms with Crippen LogP contribution in [0.15, 0.2) is 231 Å². The van der Waals surface area contributed by atoms with Crippen molar-refractivity contribution in [2.45, 2.75) is 50.4 Å². The van der Waals surface area contributed by atoms with Gasteiger partial charge >= 0.3 is 0 Å². The molecule has 0 radical (unpaired) electrons. The molecule has 326 valence electrons. The Morgan fingerprint density at radius 2 is 1.06 bits per heavy atom. The van der Waals surface area contributed by atoms with Crippen LogP contribution < -0.4 is 4.90 Å². The summed E-state index contributed by atoms with van der Waals surface area (Å²) in [6.07, 6.45) is 6.43. The van der Waals surface area contributed by atoms with E-state index in [-0.39, 0.29) is 5.41 Å². The minimum absolute atomic E-state index is 0.353. The van der Waals surface area contributed by atoms with Crippen LogP contribution in [-0.2, 0) is 5.41 Å². The number of nitrogens with zero attached hydrogens (tertiary/aromatic N) is 2. The SMILES string of the molecule is CC1(c2ccccc2)c2ccccc2-c2ccc(N(c3ccccc3-c3ccc4c5ccccc5n(-c5ccccc5)c4c3)c3ccccc3-c3cccc4cccc(C5CCCCC5)c34)cc21. The molecule has 0 spiro atoms. The molecule has 0 N–H and O–H groups in total. The molecular weight excluding hydrogens is 821 g/mol. The van der Waals surface area contributed by atoms with Crippen molar-refractivity contribution in [2.75, 3.05) is 4.90 Å². The van der Waals surface area contributed by atoms with Crippen molar-refractivity contribution in [3.05, 3.63) is 253 Å². The van der Waals surface area contributed by atoms with Gasteiger partial charge in [-0.15, -0.1) is 0 Å². The lowest BCUT2D eigenvalue weighted by molar-refractivity contribution is 0.445. The van der Waals surface area contributed by atoms with Crippen LogP contribution in [0, 0.1) is 0 Å². The lowest BCUT2D eigenvalue weighted by Crippen LogP contribution is -2.23. The summed E-state index contributed by atoms with van der Waals surface area (Å²) in [4.78, 5) is 2.57. The monoisotopic (exact) mass is 872 g/mol. The van der Waals surface area contributed by atoms with E-state index in [1.807, 2.05) is 0 Å². The van der Waals surface area contributed by atoms with Crippen LogP contribution in [0.3, 0.4) is 0 Å². The minimum Gasteiger partial charge on any atom is -0.309 e. The van der Waals surface area contributed by atoms with Crippen LogP contribution in [0.2, 0.25) is 0 Å². The summed E-state index contributed by atoms with van der Waals surface area (Å²) in [6, 6.07) is 86.3. The minimum atomic E-state index is -0.353. The van der Waals surface area contributed by atoms with Gasteiger partial charge < -0.3 is 9.47 Å². The summed E-state index contributed by atoms with van der Waals surface area (Å²) in [7, 11) is 0. The van der Waals surface area contributed by atoms with Crippen LogP contribution in [-0.4, -0.2) is 4.57 Å². The highest BCUT2D eigenvalue weighted by Gasteiger charge is 2.41. The van der Waals surface area contributed by atoms with Crippen LogP contribution >= 0.6 is 0 Å². The van der Waals surface area contributed by atoms with Gasteiger partial charge in [-0.25, -0.2) is 0 Å². The highest BCUT2D eigenvalue weighted by Crippen LogP contribution is 2.55. The van der Waals surface area contributed by atoms with Crippen LogP contribution in [0.1, 0.15) is 67.2 Å². The van der Waals surface area contributed by atoms with Gasteiger partial charge in [-0.05, 0) is 129 Å². The molecule has 2 nitrogen and oxygen atoms in total. The molecule has 1 heterocycles. The third-order valence-electron chi connectivity index (χ3n) is 15.5. The molecule has 10 aromatic carbocycles. The first-order valence-corrected chi connectivity index (χ1v) is 24.5. The van der Waals surface area contributed by atoms with E-state index in [1.165, 1.54) is 120 Å². The first-order chi connectivity index (χ1) is 33.6. The zero-order chi connectivity index (χ0) is 45.2. The van der Waals surface area contributed by atoms with E-state index in [2.05, 4.69) is 247 Å². The summed E-state index contributed by atoms with van der Waals surface area (Å²) < 4.78 is 2.43.